The number of hydrogen-bond acceptors (Lipinski definition) is 3. The zero-order valence-electron chi connectivity index (χ0n) is 9.74. The van der Waals surface area contributed by atoms with Crippen LogP contribution < -0.4 is 10.5 Å². The minimum atomic E-state index is 0.246. The predicted molar refractivity (Wildman–Crippen MR) is 64.7 cm³/mol. The van der Waals surface area contributed by atoms with E-state index in [-0.39, 0.29) is 6.10 Å². The molecule has 3 nitrogen and oxygen atoms in total. The van der Waals surface area contributed by atoms with E-state index in [4.69, 9.17) is 15.2 Å². The third kappa shape index (κ3) is 3.14. The highest BCUT2D eigenvalue weighted by Gasteiger charge is 2.14. The minimum absolute atomic E-state index is 0.246. The van der Waals surface area contributed by atoms with Gasteiger partial charge in [-0.15, -0.1) is 0 Å². The van der Waals surface area contributed by atoms with Gasteiger partial charge >= 0.3 is 0 Å². The van der Waals surface area contributed by atoms with E-state index in [1.54, 1.807) is 0 Å². The molecule has 1 heterocycles. The molecule has 1 unspecified atom stereocenters. The van der Waals surface area contributed by atoms with Crippen LogP contribution in [0.4, 0.5) is 5.69 Å². The standard InChI is InChI=1S/C13H19NO2/c1-10-6-11(14)8-13(7-10)16-9-12-4-2-3-5-15-12/h6-8,12H,2-5,9,14H2,1H3. The summed E-state index contributed by atoms with van der Waals surface area (Å²) in [6.07, 6.45) is 3.76. The summed E-state index contributed by atoms with van der Waals surface area (Å²) >= 11 is 0. The van der Waals surface area contributed by atoms with Crippen LogP contribution in [0, 0.1) is 6.92 Å². The van der Waals surface area contributed by atoms with E-state index >= 15 is 0 Å². The van der Waals surface area contributed by atoms with Gasteiger partial charge in [0.05, 0.1) is 6.10 Å². The summed E-state index contributed by atoms with van der Waals surface area (Å²) in [6, 6.07) is 5.79. The molecule has 1 fully saturated rings. The van der Waals surface area contributed by atoms with Crippen LogP contribution in [0.5, 0.6) is 5.75 Å². The first kappa shape index (κ1) is 11.3. The van der Waals surface area contributed by atoms with Crippen molar-refractivity contribution in [3.63, 3.8) is 0 Å². The molecule has 1 aromatic rings. The van der Waals surface area contributed by atoms with E-state index in [0.29, 0.717) is 6.61 Å². The van der Waals surface area contributed by atoms with Gasteiger partial charge in [-0.3, -0.25) is 0 Å². The van der Waals surface area contributed by atoms with Crippen LogP contribution in [-0.2, 0) is 4.74 Å². The van der Waals surface area contributed by atoms with Crippen LogP contribution >= 0.6 is 0 Å². The maximum Gasteiger partial charge on any atom is 0.121 e. The largest absolute Gasteiger partial charge is 0.491 e. The fraction of sp³-hybridized carbons (Fsp3) is 0.538. The summed E-state index contributed by atoms with van der Waals surface area (Å²) < 4.78 is 11.3. The first-order valence-electron chi connectivity index (χ1n) is 5.85. The lowest BCUT2D eigenvalue weighted by molar-refractivity contribution is -0.0110. The van der Waals surface area contributed by atoms with Crippen molar-refractivity contribution >= 4 is 5.69 Å². The smallest absolute Gasteiger partial charge is 0.121 e. The van der Waals surface area contributed by atoms with Crippen molar-refractivity contribution in [1.82, 2.24) is 0 Å². The number of nitrogens with two attached hydrogens (primary N) is 1. The van der Waals surface area contributed by atoms with Crippen molar-refractivity contribution in [2.75, 3.05) is 18.9 Å². The third-order valence-corrected chi connectivity index (χ3v) is 2.78. The Morgan fingerprint density at radius 1 is 1.38 bits per heavy atom. The van der Waals surface area contributed by atoms with E-state index in [0.717, 1.165) is 30.0 Å². The molecule has 0 aliphatic carbocycles. The van der Waals surface area contributed by atoms with Gasteiger partial charge in [0, 0.05) is 18.4 Å². The molecule has 0 spiro atoms. The number of nitrogen functional groups attached to an aromatic ring is 1. The molecule has 1 aliphatic heterocycles. The van der Waals surface area contributed by atoms with Crippen LogP contribution in [-0.4, -0.2) is 19.3 Å². The molecular formula is C13H19NO2. The second-order valence-electron chi connectivity index (χ2n) is 4.38. The highest BCUT2D eigenvalue weighted by Crippen LogP contribution is 2.20. The van der Waals surface area contributed by atoms with Gasteiger partial charge in [0.2, 0.25) is 0 Å². The van der Waals surface area contributed by atoms with Crippen LogP contribution in [0.1, 0.15) is 24.8 Å². The van der Waals surface area contributed by atoms with Crippen LogP contribution in [0.25, 0.3) is 0 Å². The molecule has 2 rings (SSSR count). The van der Waals surface area contributed by atoms with Crippen molar-refractivity contribution in [2.24, 2.45) is 0 Å². The van der Waals surface area contributed by atoms with Crippen molar-refractivity contribution in [1.29, 1.82) is 0 Å². The first-order chi connectivity index (χ1) is 7.74. The van der Waals surface area contributed by atoms with E-state index in [2.05, 4.69) is 0 Å². The Kier molecular flexibility index (Phi) is 3.67. The predicted octanol–water partition coefficient (Wildman–Crippen LogP) is 2.53. The zero-order chi connectivity index (χ0) is 11.4. The van der Waals surface area contributed by atoms with Crippen molar-refractivity contribution < 1.29 is 9.47 Å². The van der Waals surface area contributed by atoms with Crippen LogP contribution in [0.2, 0.25) is 0 Å². The van der Waals surface area contributed by atoms with Gasteiger partial charge in [-0.25, -0.2) is 0 Å². The van der Waals surface area contributed by atoms with Gasteiger partial charge in [-0.05, 0) is 43.9 Å². The summed E-state index contributed by atoms with van der Waals surface area (Å²) in [4.78, 5) is 0. The molecule has 3 heteroatoms. The Morgan fingerprint density at radius 3 is 2.94 bits per heavy atom. The second-order valence-corrected chi connectivity index (χ2v) is 4.38. The number of benzene rings is 1. The summed E-state index contributed by atoms with van der Waals surface area (Å²) in [7, 11) is 0. The molecule has 1 aromatic carbocycles. The second kappa shape index (κ2) is 5.21. The van der Waals surface area contributed by atoms with Gasteiger partial charge in [0.15, 0.2) is 0 Å². The van der Waals surface area contributed by atoms with Crippen molar-refractivity contribution in [2.45, 2.75) is 32.3 Å². The average molecular weight is 221 g/mol. The van der Waals surface area contributed by atoms with Crippen molar-refractivity contribution in [3.05, 3.63) is 23.8 Å². The highest BCUT2D eigenvalue weighted by atomic mass is 16.5. The maximum atomic E-state index is 5.76. The molecular weight excluding hydrogens is 202 g/mol. The molecule has 2 N–H and O–H groups in total. The molecule has 0 saturated carbocycles. The SMILES string of the molecule is Cc1cc(N)cc(OCC2CCCCO2)c1. The molecule has 1 saturated heterocycles. The lowest BCUT2D eigenvalue weighted by Crippen LogP contribution is -2.25. The summed E-state index contributed by atoms with van der Waals surface area (Å²) in [5, 5.41) is 0. The molecule has 0 amide bonds. The first-order valence-corrected chi connectivity index (χ1v) is 5.85. The number of ether oxygens (including phenoxy) is 2. The van der Waals surface area contributed by atoms with Gasteiger partial charge in [0.1, 0.15) is 12.4 Å². The van der Waals surface area contributed by atoms with E-state index in [1.165, 1.54) is 12.8 Å². The highest BCUT2D eigenvalue weighted by molar-refractivity contribution is 5.47. The lowest BCUT2D eigenvalue weighted by atomic mass is 10.1. The summed E-state index contributed by atoms with van der Waals surface area (Å²) in [6.45, 7) is 3.51. The van der Waals surface area contributed by atoms with Crippen LogP contribution in [0.3, 0.4) is 0 Å². The number of anilines is 1. The number of rotatable bonds is 3. The maximum absolute atomic E-state index is 5.76. The molecule has 0 radical (unpaired) electrons. The van der Waals surface area contributed by atoms with Gasteiger partial charge in [-0.1, -0.05) is 0 Å². The van der Waals surface area contributed by atoms with Gasteiger partial charge in [0.25, 0.3) is 0 Å². The zero-order valence-corrected chi connectivity index (χ0v) is 9.74. The Bertz CT molecular complexity index is 326. The van der Waals surface area contributed by atoms with Gasteiger partial charge < -0.3 is 15.2 Å². The normalized spacial score (nSPS) is 20.7. The Hall–Kier alpha value is -1.22. The molecule has 0 bridgehead atoms. The van der Waals surface area contributed by atoms with E-state index < -0.39 is 0 Å². The molecule has 16 heavy (non-hydrogen) atoms. The van der Waals surface area contributed by atoms with E-state index in [9.17, 15) is 0 Å². The van der Waals surface area contributed by atoms with E-state index in [1.807, 2.05) is 25.1 Å². The third-order valence-electron chi connectivity index (χ3n) is 2.78. The fourth-order valence-electron chi connectivity index (χ4n) is 1.99. The van der Waals surface area contributed by atoms with Crippen molar-refractivity contribution in [3.8, 4) is 5.75 Å². The summed E-state index contributed by atoms with van der Waals surface area (Å²) in [5.74, 6) is 0.840. The Labute approximate surface area is 96.5 Å². The van der Waals surface area contributed by atoms with Crippen LogP contribution in [0.15, 0.2) is 18.2 Å². The topological polar surface area (TPSA) is 44.5 Å². The Morgan fingerprint density at radius 2 is 2.25 bits per heavy atom. The molecule has 1 aliphatic rings. The number of hydrogen-bond donors (Lipinski definition) is 1. The van der Waals surface area contributed by atoms with Gasteiger partial charge in [-0.2, -0.15) is 0 Å². The molecule has 0 aromatic heterocycles. The molecule has 88 valence electrons. The lowest BCUT2D eigenvalue weighted by Gasteiger charge is -2.22. The molecule has 1 atom stereocenters. The monoisotopic (exact) mass is 221 g/mol. The Balaban J connectivity index is 1.88. The average Bonchev–Trinajstić information content (AvgIpc) is 2.27. The number of aryl methyl sites for hydroxylation is 1. The quantitative estimate of drug-likeness (QED) is 0.798. The minimum Gasteiger partial charge on any atom is -0.491 e. The summed E-state index contributed by atoms with van der Waals surface area (Å²) in [5.41, 5.74) is 7.63. The fourth-order valence-corrected chi connectivity index (χ4v) is 1.99.